The SMILES string of the molecule is CCCCCN(CCC(=O)N(C)CCc1ccncc1)C(C)=O. The highest BCUT2D eigenvalue weighted by Crippen LogP contribution is 2.03. The first-order valence-electron chi connectivity index (χ1n) is 8.43. The summed E-state index contributed by atoms with van der Waals surface area (Å²) in [5.41, 5.74) is 1.17. The van der Waals surface area contributed by atoms with E-state index in [0.29, 0.717) is 19.5 Å². The van der Waals surface area contributed by atoms with Gasteiger partial charge in [-0.3, -0.25) is 14.6 Å². The smallest absolute Gasteiger partial charge is 0.224 e. The van der Waals surface area contributed by atoms with E-state index >= 15 is 0 Å². The highest BCUT2D eigenvalue weighted by molar-refractivity contribution is 5.78. The van der Waals surface area contributed by atoms with Crippen molar-refractivity contribution in [2.75, 3.05) is 26.7 Å². The van der Waals surface area contributed by atoms with Crippen molar-refractivity contribution in [1.82, 2.24) is 14.8 Å². The zero-order valence-corrected chi connectivity index (χ0v) is 14.6. The Hall–Kier alpha value is -1.91. The maximum Gasteiger partial charge on any atom is 0.224 e. The molecule has 0 aliphatic rings. The maximum absolute atomic E-state index is 12.2. The Morgan fingerprint density at radius 3 is 2.39 bits per heavy atom. The van der Waals surface area contributed by atoms with Crippen LogP contribution < -0.4 is 0 Å². The average molecular weight is 319 g/mol. The highest BCUT2D eigenvalue weighted by Gasteiger charge is 2.13. The van der Waals surface area contributed by atoms with Gasteiger partial charge in [0.1, 0.15) is 0 Å². The van der Waals surface area contributed by atoms with Crippen LogP contribution in [0.5, 0.6) is 0 Å². The molecule has 0 spiro atoms. The lowest BCUT2D eigenvalue weighted by atomic mass is 10.2. The molecule has 0 aliphatic carbocycles. The molecule has 0 fully saturated rings. The summed E-state index contributed by atoms with van der Waals surface area (Å²) in [5, 5.41) is 0. The number of pyridine rings is 1. The largest absolute Gasteiger partial charge is 0.345 e. The number of nitrogens with zero attached hydrogens (tertiary/aromatic N) is 3. The average Bonchev–Trinajstić information content (AvgIpc) is 2.56. The second kappa shape index (κ2) is 10.8. The van der Waals surface area contributed by atoms with Gasteiger partial charge in [-0.05, 0) is 30.5 Å². The number of likely N-dealkylation sites (N-methyl/N-ethyl adjacent to an activating group) is 1. The molecule has 1 heterocycles. The second-order valence-electron chi connectivity index (χ2n) is 5.88. The third kappa shape index (κ3) is 7.77. The summed E-state index contributed by atoms with van der Waals surface area (Å²) in [7, 11) is 1.82. The van der Waals surface area contributed by atoms with Gasteiger partial charge < -0.3 is 9.80 Å². The van der Waals surface area contributed by atoms with E-state index in [4.69, 9.17) is 0 Å². The predicted octanol–water partition coefficient (Wildman–Crippen LogP) is 2.51. The minimum absolute atomic E-state index is 0.0494. The molecule has 0 saturated carbocycles. The van der Waals surface area contributed by atoms with Crippen LogP contribution in [-0.2, 0) is 16.0 Å². The summed E-state index contributed by atoms with van der Waals surface area (Å²) >= 11 is 0. The Kier molecular flexibility index (Phi) is 8.95. The molecule has 23 heavy (non-hydrogen) atoms. The van der Waals surface area contributed by atoms with Crippen LogP contribution in [0.25, 0.3) is 0 Å². The Morgan fingerprint density at radius 2 is 1.78 bits per heavy atom. The van der Waals surface area contributed by atoms with Crippen LogP contribution in [0.2, 0.25) is 0 Å². The van der Waals surface area contributed by atoms with Gasteiger partial charge in [0, 0.05) is 52.4 Å². The molecule has 0 N–H and O–H groups in total. The van der Waals surface area contributed by atoms with Gasteiger partial charge in [-0.2, -0.15) is 0 Å². The van der Waals surface area contributed by atoms with Crippen molar-refractivity contribution in [2.45, 2.75) is 46.0 Å². The number of hydrogen-bond donors (Lipinski definition) is 0. The van der Waals surface area contributed by atoms with E-state index in [1.54, 1.807) is 29.1 Å². The van der Waals surface area contributed by atoms with E-state index in [9.17, 15) is 9.59 Å². The van der Waals surface area contributed by atoms with Crippen LogP contribution in [-0.4, -0.2) is 53.3 Å². The molecule has 1 aromatic heterocycles. The second-order valence-corrected chi connectivity index (χ2v) is 5.88. The van der Waals surface area contributed by atoms with Crippen LogP contribution >= 0.6 is 0 Å². The summed E-state index contributed by atoms with van der Waals surface area (Å²) in [6, 6.07) is 3.92. The van der Waals surface area contributed by atoms with E-state index in [0.717, 1.165) is 32.2 Å². The van der Waals surface area contributed by atoms with Crippen LogP contribution in [0, 0.1) is 0 Å². The van der Waals surface area contributed by atoms with Gasteiger partial charge >= 0.3 is 0 Å². The molecule has 2 amide bonds. The number of amides is 2. The fraction of sp³-hybridized carbons (Fsp3) is 0.611. The first-order valence-corrected chi connectivity index (χ1v) is 8.43. The first kappa shape index (κ1) is 19.1. The Bertz CT molecular complexity index is 476. The molecular weight excluding hydrogens is 290 g/mol. The van der Waals surface area contributed by atoms with Crippen LogP contribution in [0.4, 0.5) is 0 Å². The van der Waals surface area contributed by atoms with E-state index in [1.165, 1.54) is 5.56 Å². The van der Waals surface area contributed by atoms with Gasteiger partial charge in [0.25, 0.3) is 0 Å². The van der Waals surface area contributed by atoms with Crippen molar-refractivity contribution in [3.05, 3.63) is 30.1 Å². The summed E-state index contributed by atoms with van der Waals surface area (Å²) in [4.78, 5) is 31.3. The van der Waals surface area contributed by atoms with Gasteiger partial charge in [-0.15, -0.1) is 0 Å². The van der Waals surface area contributed by atoms with E-state index < -0.39 is 0 Å². The molecular formula is C18H29N3O2. The monoisotopic (exact) mass is 319 g/mol. The van der Waals surface area contributed by atoms with Gasteiger partial charge in [-0.1, -0.05) is 19.8 Å². The lowest BCUT2D eigenvalue weighted by molar-refractivity contribution is -0.132. The van der Waals surface area contributed by atoms with Gasteiger partial charge in [-0.25, -0.2) is 0 Å². The number of hydrogen-bond acceptors (Lipinski definition) is 3. The predicted molar refractivity (Wildman–Crippen MR) is 92.0 cm³/mol. The van der Waals surface area contributed by atoms with Crippen LogP contribution in [0.15, 0.2) is 24.5 Å². The summed E-state index contributed by atoms with van der Waals surface area (Å²) < 4.78 is 0. The van der Waals surface area contributed by atoms with Gasteiger partial charge in [0.15, 0.2) is 0 Å². The minimum Gasteiger partial charge on any atom is -0.345 e. The van der Waals surface area contributed by atoms with Crippen molar-refractivity contribution in [3.8, 4) is 0 Å². The lowest BCUT2D eigenvalue weighted by Crippen LogP contribution is -2.36. The molecule has 0 aliphatic heterocycles. The molecule has 0 aromatic carbocycles. The highest BCUT2D eigenvalue weighted by atomic mass is 16.2. The molecule has 0 radical (unpaired) electrons. The van der Waals surface area contributed by atoms with Crippen molar-refractivity contribution in [2.24, 2.45) is 0 Å². The van der Waals surface area contributed by atoms with Crippen molar-refractivity contribution < 1.29 is 9.59 Å². The fourth-order valence-electron chi connectivity index (χ4n) is 2.37. The summed E-state index contributed by atoms with van der Waals surface area (Å²) in [5.74, 6) is 0.133. The zero-order chi connectivity index (χ0) is 17.1. The molecule has 128 valence electrons. The Morgan fingerprint density at radius 1 is 1.09 bits per heavy atom. The van der Waals surface area contributed by atoms with Crippen LogP contribution in [0.1, 0.15) is 45.1 Å². The topological polar surface area (TPSA) is 53.5 Å². The molecule has 0 saturated heterocycles. The minimum atomic E-state index is 0.0494. The number of rotatable bonds is 10. The third-order valence-electron chi connectivity index (χ3n) is 3.98. The zero-order valence-electron chi connectivity index (χ0n) is 14.6. The number of carbonyl (C=O) groups is 2. The molecule has 5 nitrogen and oxygen atoms in total. The maximum atomic E-state index is 12.2. The fourth-order valence-corrected chi connectivity index (χ4v) is 2.37. The summed E-state index contributed by atoms with van der Waals surface area (Å²) in [6.45, 7) is 5.65. The standard InChI is InChI=1S/C18H29N3O2/c1-4-5-6-13-21(16(2)22)15-10-18(23)20(3)14-9-17-7-11-19-12-8-17/h7-8,11-12H,4-6,9-10,13-15H2,1-3H3. The van der Waals surface area contributed by atoms with Crippen molar-refractivity contribution in [3.63, 3.8) is 0 Å². The quantitative estimate of drug-likeness (QED) is 0.623. The Balaban J connectivity index is 2.33. The van der Waals surface area contributed by atoms with Crippen molar-refractivity contribution in [1.29, 1.82) is 0 Å². The van der Waals surface area contributed by atoms with Crippen molar-refractivity contribution >= 4 is 11.8 Å². The van der Waals surface area contributed by atoms with E-state index in [2.05, 4.69) is 11.9 Å². The first-order chi connectivity index (χ1) is 11.0. The number of unbranched alkanes of at least 4 members (excludes halogenated alkanes) is 2. The summed E-state index contributed by atoms with van der Waals surface area (Å²) in [6.07, 6.45) is 7.97. The lowest BCUT2D eigenvalue weighted by Gasteiger charge is -2.23. The molecule has 0 atom stereocenters. The number of carbonyl (C=O) groups excluding carboxylic acids is 2. The Labute approximate surface area is 139 Å². The third-order valence-corrected chi connectivity index (χ3v) is 3.98. The van der Waals surface area contributed by atoms with Gasteiger partial charge in [0.2, 0.25) is 11.8 Å². The molecule has 1 rings (SSSR count). The number of aromatic nitrogens is 1. The van der Waals surface area contributed by atoms with Crippen LogP contribution in [0.3, 0.4) is 0 Å². The molecule has 0 unspecified atom stereocenters. The normalized spacial score (nSPS) is 10.4. The van der Waals surface area contributed by atoms with E-state index in [-0.39, 0.29) is 11.8 Å². The van der Waals surface area contributed by atoms with E-state index in [1.807, 2.05) is 19.2 Å². The molecule has 5 heteroatoms. The molecule has 0 bridgehead atoms. The molecule has 1 aromatic rings. The van der Waals surface area contributed by atoms with Gasteiger partial charge in [0.05, 0.1) is 0 Å².